The van der Waals surface area contributed by atoms with Gasteiger partial charge in [0.1, 0.15) is 6.08 Å². The van der Waals surface area contributed by atoms with Crippen molar-refractivity contribution in [3.8, 4) is 0 Å². The first kappa shape index (κ1) is 25.2. The molecule has 4 nitrogen and oxygen atoms in total. The van der Waals surface area contributed by atoms with E-state index in [1.165, 1.54) is 0 Å². The third kappa shape index (κ3) is 468. The largest absolute Gasteiger partial charge is 3.00 e. The number of rotatable bonds is 0. The molecule has 0 spiro atoms. The van der Waals surface area contributed by atoms with Gasteiger partial charge in [0.15, 0.2) is 20.4 Å². The van der Waals surface area contributed by atoms with Crippen LogP contribution in [0.4, 0.5) is 16.6 Å². The third-order valence-corrected chi connectivity index (χ3v) is 0.154. The molecule has 0 radical (unpaired) electrons. The minimum atomic E-state index is -4.42. The van der Waals surface area contributed by atoms with Gasteiger partial charge in [0, 0.05) is 0 Å². The fourth-order valence-corrected chi connectivity index (χ4v) is 0. The molecule has 11 heteroatoms. The minimum Gasteiger partial charge on any atom is -0.289 e. The van der Waals surface area contributed by atoms with Crippen LogP contribution in [-0.2, 0) is 53.2 Å². The first-order valence-electron chi connectivity index (χ1n) is 2.63. The molecule has 94 valence electrons. The Morgan fingerprint density at radius 2 is 1.00 bits per heavy atom. The van der Waals surface area contributed by atoms with E-state index in [9.17, 15) is 16.6 Å². The molecule has 0 aliphatic carbocycles. The smallest absolute Gasteiger partial charge is 0.289 e. The second-order valence-electron chi connectivity index (χ2n) is 1.57. The Hall–Kier alpha value is 0.334. The molecule has 0 saturated carbocycles. The van der Waals surface area contributed by atoms with Gasteiger partial charge in [-0.15, -0.1) is 7.77 Å². The van der Waals surface area contributed by atoms with E-state index in [0.717, 1.165) is 0 Å². The summed E-state index contributed by atoms with van der Waals surface area (Å²) in [6.45, 7) is 2.77. The molecule has 0 bridgehead atoms. The summed E-state index contributed by atoms with van der Waals surface area (Å²) < 4.78 is 77.6. The summed E-state index contributed by atoms with van der Waals surface area (Å²) in [5, 5.41) is 0. The Labute approximate surface area is 117 Å². The van der Waals surface area contributed by atoms with E-state index in [1.54, 1.807) is 0 Å². The molecule has 0 saturated heterocycles. The molecular weight excluding hydrogens is 353 g/mol. The minimum absolute atomic E-state index is 0. The van der Waals surface area contributed by atoms with Gasteiger partial charge in [0.25, 0.3) is 0 Å². The van der Waals surface area contributed by atoms with Crippen LogP contribution in [0.5, 0.6) is 0 Å². The van der Waals surface area contributed by atoms with Crippen LogP contribution in [0, 0.1) is 19.4 Å². The first-order chi connectivity index (χ1) is 6.27. The molecule has 0 heterocycles. The van der Waals surface area contributed by atoms with Gasteiger partial charge >= 0.3 is 32.7 Å². The van der Waals surface area contributed by atoms with Crippen molar-refractivity contribution in [1.29, 1.82) is 0 Å². The zero-order valence-electron chi connectivity index (χ0n) is 7.74. The summed E-state index contributed by atoms with van der Waals surface area (Å²) in [5.41, 5.74) is 0. The topological polar surface area (TPSA) is 68.3 Å². The fourth-order valence-electron chi connectivity index (χ4n) is 0. The van der Waals surface area contributed by atoms with E-state index in [4.69, 9.17) is 16.8 Å². The molecule has 0 aromatic carbocycles. The van der Waals surface area contributed by atoms with Crippen LogP contribution in [0.3, 0.4) is 0 Å². The Balaban J connectivity index is -0.0000000655. The summed E-state index contributed by atoms with van der Waals surface area (Å²) >= 11 is 0. The Morgan fingerprint density at radius 1 is 0.938 bits per heavy atom. The normalized spacial score (nSPS) is 9.38. The van der Waals surface area contributed by atoms with Crippen LogP contribution in [0.2, 0.25) is 0 Å². The molecule has 0 aliphatic heterocycles. The van der Waals surface area contributed by atoms with Crippen molar-refractivity contribution in [3.05, 3.63) is 31.6 Å². The maximum absolute atomic E-state index is 10.6. The summed E-state index contributed by atoms with van der Waals surface area (Å²) in [4.78, 5) is 0. The maximum Gasteiger partial charge on any atom is 3.00 e. The van der Waals surface area contributed by atoms with Crippen LogP contribution in [0.1, 0.15) is 0 Å². The van der Waals surface area contributed by atoms with E-state index in [0.29, 0.717) is 6.08 Å². The van der Waals surface area contributed by atoms with E-state index in [1.807, 2.05) is 0 Å². The first-order valence-corrected chi connectivity index (χ1v) is 5.73. The SMILES string of the molecule is [CH2-]C=C(F)F.[CH2-]S(=O)(=O)F.[CH2-]S(=O)(=O)F.[Y+3]. The molecule has 0 N–H and O–H groups in total. The van der Waals surface area contributed by atoms with Gasteiger partial charge in [0.05, 0.1) is 0 Å². The van der Waals surface area contributed by atoms with Crippen LogP contribution in [0.15, 0.2) is 12.2 Å². The van der Waals surface area contributed by atoms with Gasteiger partial charge in [-0.3, -0.25) is 8.78 Å². The molecule has 0 amide bonds. The van der Waals surface area contributed by atoms with E-state index in [2.05, 4.69) is 19.4 Å². The van der Waals surface area contributed by atoms with Gasteiger partial charge < -0.3 is 0 Å². The van der Waals surface area contributed by atoms with Crippen molar-refractivity contribution in [2.24, 2.45) is 0 Å². The number of halogens is 4. The molecule has 16 heavy (non-hydrogen) atoms. The van der Waals surface area contributed by atoms with Crippen molar-refractivity contribution in [2.75, 3.05) is 0 Å². The van der Waals surface area contributed by atoms with Crippen molar-refractivity contribution in [1.82, 2.24) is 0 Å². The van der Waals surface area contributed by atoms with Gasteiger partial charge in [-0.05, 0) is 0 Å². The number of hydrogen-bond acceptors (Lipinski definition) is 4. The number of hydrogen-bond donors (Lipinski definition) is 0. The second kappa shape index (κ2) is 11.8. The molecule has 0 aromatic heterocycles. The Morgan fingerprint density at radius 3 is 1.00 bits per heavy atom. The second-order valence-corrected chi connectivity index (χ2v) is 3.73. The molecule has 0 fully saturated rings. The molecular formula is C5H7F4O4S2Y. The van der Waals surface area contributed by atoms with Crippen LogP contribution in [-0.4, -0.2) is 16.8 Å². The Kier molecular flexibility index (Phi) is 18.6. The van der Waals surface area contributed by atoms with Gasteiger partial charge in [-0.2, -0.15) is 18.6 Å². The third-order valence-electron chi connectivity index (χ3n) is 0.154. The summed E-state index contributed by atoms with van der Waals surface area (Å²) in [6, 6.07) is 0. The average molecular weight is 360 g/mol. The van der Waals surface area contributed by atoms with Crippen LogP contribution < -0.4 is 0 Å². The van der Waals surface area contributed by atoms with E-state index in [-0.39, 0.29) is 32.7 Å². The average Bonchev–Trinajstić information content (AvgIpc) is 1.79. The quantitative estimate of drug-likeness (QED) is 0.375. The fraction of sp³-hybridized carbons (Fsp3) is 0. The predicted octanol–water partition coefficient (Wildman–Crippen LogP) is 1.75. The van der Waals surface area contributed by atoms with Gasteiger partial charge in [-0.1, -0.05) is 0 Å². The molecule has 0 unspecified atom stereocenters. The molecule has 0 aromatic rings. The summed E-state index contributed by atoms with van der Waals surface area (Å²) in [7, 11) is -8.83. The maximum atomic E-state index is 10.6. The van der Waals surface area contributed by atoms with Crippen LogP contribution in [0.25, 0.3) is 0 Å². The van der Waals surface area contributed by atoms with Crippen molar-refractivity contribution in [3.63, 3.8) is 0 Å². The van der Waals surface area contributed by atoms with E-state index >= 15 is 0 Å². The molecule has 0 atom stereocenters. The van der Waals surface area contributed by atoms with Crippen molar-refractivity contribution in [2.45, 2.75) is 0 Å². The van der Waals surface area contributed by atoms with Gasteiger partial charge in [-0.25, -0.2) is 23.8 Å². The summed E-state index contributed by atoms with van der Waals surface area (Å²) in [5.74, 6) is 0. The molecule has 0 aliphatic rings. The predicted molar refractivity (Wildman–Crippen MR) is 46.4 cm³/mol. The standard InChI is InChI=1S/C3H3F2.2CH2FO2S.Y/c1-2-3(4)5;2*1-5(2,3)4;/h2H,1H2;2*1H2;/q3*-1;+3. The van der Waals surface area contributed by atoms with Gasteiger partial charge in [0.2, 0.25) is 0 Å². The summed E-state index contributed by atoms with van der Waals surface area (Å²) in [6.07, 6.45) is 2.92. The monoisotopic (exact) mass is 360 g/mol. The number of allylic oxidation sites excluding steroid dienone is 1. The zero-order chi connectivity index (χ0) is 13.3. The zero-order valence-corrected chi connectivity index (χ0v) is 12.2. The van der Waals surface area contributed by atoms with E-state index < -0.39 is 26.5 Å². The van der Waals surface area contributed by atoms with Crippen molar-refractivity contribution >= 4 is 20.4 Å². The van der Waals surface area contributed by atoms with Crippen LogP contribution >= 0.6 is 0 Å². The van der Waals surface area contributed by atoms with Crippen molar-refractivity contribution < 1.29 is 66.1 Å². The Bertz CT molecular complexity index is 325. The molecule has 0 rings (SSSR count).